The van der Waals surface area contributed by atoms with Crippen molar-refractivity contribution in [1.29, 1.82) is 0 Å². The van der Waals surface area contributed by atoms with Crippen LogP contribution in [0.25, 0.3) is 0 Å². The molecule has 0 radical (unpaired) electrons. The van der Waals surface area contributed by atoms with Crippen LogP contribution in [0.2, 0.25) is 5.02 Å². The zero-order valence-electron chi connectivity index (χ0n) is 10.3. The fourth-order valence-electron chi connectivity index (χ4n) is 2.53. The third-order valence-electron chi connectivity index (χ3n) is 3.51. The highest BCUT2D eigenvalue weighted by atomic mass is 35.5. The van der Waals surface area contributed by atoms with Crippen LogP contribution in [-0.4, -0.2) is 0 Å². The van der Waals surface area contributed by atoms with Crippen molar-refractivity contribution in [3.8, 4) is 5.75 Å². The lowest BCUT2D eigenvalue weighted by Gasteiger charge is -2.30. The maximum absolute atomic E-state index is 6.08. The van der Waals surface area contributed by atoms with Gasteiger partial charge >= 0.3 is 0 Å². The Hall–Kier alpha value is -1.47. The Balaban J connectivity index is 1.95. The van der Waals surface area contributed by atoms with Gasteiger partial charge in [-0.3, -0.25) is 0 Å². The van der Waals surface area contributed by atoms with Gasteiger partial charge in [-0.2, -0.15) is 0 Å². The van der Waals surface area contributed by atoms with E-state index >= 15 is 0 Å². The number of fused-ring (bicyclic) bond motifs is 1. The molecule has 0 spiro atoms. The fourth-order valence-corrected chi connectivity index (χ4v) is 2.71. The van der Waals surface area contributed by atoms with Crippen molar-refractivity contribution in [3.05, 3.63) is 64.7 Å². The molecule has 1 aliphatic rings. The lowest BCUT2D eigenvalue weighted by molar-refractivity contribution is 0.164. The lowest BCUT2D eigenvalue weighted by atomic mass is 9.89. The first kappa shape index (κ1) is 11.6. The molecule has 0 saturated carbocycles. The molecule has 1 heterocycles. The molecule has 1 aliphatic heterocycles. The minimum atomic E-state index is 0.148. The van der Waals surface area contributed by atoms with E-state index in [1.807, 2.05) is 24.3 Å². The Bertz CT molecular complexity index is 550. The van der Waals surface area contributed by atoms with Gasteiger partial charge < -0.3 is 4.74 Å². The molecule has 3 rings (SSSR count). The highest BCUT2D eigenvalue weighted by molar-refractivity contribution is 6.30. The van der Waals surface area contributed by atoms with E-state index in [-0.39, 0.29) is 6.10 Å². The molecule has 2 heteroatoms. The van der Waals surface area contributed by atoms with Crippen LogP contribution in [0.3, 0.4) is 0 Å². The summed E-state index contributed by atoms with van der Waals surface area (Å²) < 4.78 is 6.08. The molecule has 0 saturated heterocycles. The van der Waals surface area contributed by atoms with Crippen LogP contribution in [-0.2, 0) is 0 Å². The first-order chi connectivity index (χ1) is 8.74. The second-order valence-electron chi connectivity index (χ2n) is 4.84. The molecule has 2 unspecified atom stereocenters. The summed E-state index contributed by atoms with van der Waals surface area (Å²) in [6.07, 6.45) is 1.15. The van der Waals surface area contributed by atoms with Gasteiger partial charge in [0, 0.05) is 5.02 Å². The normalized spacial score (nSPS) is 22.1. The summed E-state index contributed by atoms with van der Waals surface area (Å²) in [5, 5.41) is 0.780. The van der Waals surface area contributed by atoms with Gasteiger partial charge in [0.2, 0.25) is 0 Å². The molecule has 1 nitrogen and oxygen atoms in total. The van der Waals surface area contributed by atoms with Crippen molar-refractivity contribution < 1.29 is 4.74 Å². The monoisotopic (exact) mass is 258 g/mol. The standard InChI is InChI=1S/C16H15ClO/c1-11-9-16(12-5-3-2-4-6-12)18-15-8-7-13(17)10-14(11)15/h2-8,10-11,16H,9H2,1H3. The van der Waals surface area contributed by atoms with Crippen molar-refractivity contribution in [1.82, 2.24) is 0 Å². The Morgan fingerprint density at radius 2 is 1.89 bits per heavy atom. The van der Waals surface area contributed by atoms with Crippen LogP contribution in [0.5, 0.6) is 5.75 Å². The lowest BCUT2D eigenvalue weighted by Crippen LogP contribution is -2.17. The third kappa shape index (κ3) is 2.11. The van der Waals surface area contributed by atoms with E-state index in [1.54, 1.807) is 0 Å². The first-order valence-electron chi connectivity index (χ1n) is 6.25. The number of ether oxygens (including phenoxy) is 1. The second kappa shape index (κ2) is 4.66. The van der Waals surface area contributed by atoms with Gasteiger partial charge in [0.05, 0.1) is 0 Å². The molecule has 0 N–H and O–H groups in total. The predicted octanol–water partition coefficient (Wildman–Crippen LogP) is 4.97. The molecule has 18 heavy (non-hydrogen) atoms. The molecule has 2 aromatic carbocycles. The van der Waals surface area contributed by atoms with Gasteiger partial charge in [-0.15, -0.1) is 0 Å². The van der Waals surface area contributed by atoms with Crippen LogP contribution in [0.15, 0.2) is 48.5 Å². The van der Waals surface area contributed by atoms with Crippen LogP contribution in [0, 0.1) is 0 Å². The summed E-state index contributed by atoms with van der Waals surface area (Å²) in [6, 6.07) is 16.3. The molecular weight excluding hydrogens is 244 g/mol. The molecular formula is C16H15ClO. The minimum absolute atomic E-state index is 0.148. The summed E-state index contributed by atoms with van der Waals surface area (Å²) in [5.74, 6) is 1.43. The van der Waals surface area contributed by atoms with E-state index in [0.717, 1.165) is 17.2 Å². The quantitative estimate of drug-likeness (QED) is 0.702. The van der Waals surface area contributed by atoms with E-state index in [4.69, 9.17) is 16.3 Å². The zero-order valence-corrected chi connectivity index (χ0v) is 11.0. The Morgan fingerprint density at radius 3 is 2.67 bits per heavy atom. The van der Waals surface area contributed by atoms with Crippen molar-refractivity contribution in [3.63, 3.8) is 0 Å². The van der Waals surface area contributed by atoms with E-state index < -0.39 is 0 Å². The smallest absolute Gasteiger partial charge is 0.124 e. The van der Waals surface area contributed by atoms with E-state index in [1.165, 1.54) is 11.1 Å². The van der Waals surface area contributed by atoms with Gasteiger partial charge in [0.25, 0.3) is 0 Å². The van der Waals surface area contributed by atoms with Crippen molar-refractivity contribution >= 4 is 11.6 Å². The summed E-state index contributed by atoms with van der Waals surface area (Å²) in [6.45, 7) is 2.23. The second-order valence-corrected chi connectivity index (χ2v) is 5.27. The van der Waals surface area contributed by atoms with Crippen molar-refractivity contribution in [2.24, 2.45) is 0 Å². The fraction of sp³-hybridized carbons (Fsp3) is 0.250. The summed E-state index contributed by atoms with van der Waals surface area (Å²) in [5.41, 5.74) is 2.46. The molecule has 2 atom stereocenters. The number of halogens is 1. The Morgan fingerprint density at radius 1 is 1.11 bits per heavy atom. The van der Waals surface area contributed by atoms with Gasteiger partial charge in [0.15, 0.2) is 0 Å². The number of hydrogen-bond donors (Lipinski definition) is 0. The average Bonchev–Trinajstić information content (AvgIpc) is 2.40. The van der Waals surface area contributed by atoms with Crippen molar-refractivity contribution in [2.45, 2.75) is 25.4 Å². The maximum atomic E-state index is 6.08. The van der Waals surface area contributed by atoms with Crippen LogP contribution < -0.4 is 4.74 Å². The van der Waals surface area contributed by atoms with Crippen LogP contribution in [0.1, 0.15) is 36.5 Å². The first-order valence-corrected chi connectivity index (χ1v) is 6.63. The van der Waals surface area contributed by atoms with Crippen LogP contribution >= 0.6 is 11.6 Å². The molecule has 2 aromatic rings. The van der Waals surface area contributed by atoms with E-state index in [0.29, 0.717) is 5.92 Å². The number of rotatable bonds is 1. The van der Waals surface area contributed by atoms with E-state index in [2.05, 4.69) is 31.2 Å². The maximum Gasteiger partial charge on any atom is 0.124 e. The zero-order chi connectivity index (χ0) is 12.5. The summed E-state index contributed by atoms with van der Waals surface area (Å²) >= 11 is 6.04. The molecule has 0 aromatic heterocycles. The summed E-state index contributed by atoms with van der Waals surface area (Å²) in [7, 11) is 0. The van der Waals surface area contributed by atoms with Crippen LogP contribution in [0.4, 0.5) is 0 Å². The van der Waals surface area contributed by atoms with Gasteiger partial charge in [-0.1, -0.05) is 48.9 Å². The SMILES string of the molecule is CC1CC(c2ccccc2)Oc2ccc(Cl)cc21. The molecule has 0 fully saturated rings. The largest absolute Gasteiger partial charge is 0.485 e. The molecule has 0 bridgehead atoms. The van der Waals surface area contributed by atoms with Gasteiger partial charge in [-0.05, 0) is 41.7 Å². The van der Waals surface area contributed by atoms with Gasteiger partial charge in [-0.25, -0.2) is 0 Å². The highest BCUT2D eigenvalue weighted by Crippen LogP contribution is 2.42. The summed E-state index contributed by atoms with van der Waals surface area (Å²) in [4.78, 5) is 0. The minimum Gasteiger partial charge on any atom is -0.485 e. The third-order valence-corrected chi connectivity index (χ3v) is 3.75. The molecule has 92 valence electrons. The predicted molar refractivity (Wildman–Crippen MR) is 74.3 cm³/mol. The molecule has 0 amide bonds. The highest BCUT2D eigenvalue weighted by Gasteiger charge is 2.26. The van der Waals surface area contributed by atoms with Gasteiger partial charge in [0.1, 0.15) is 11.9 Å². The van der Waals surface area contributed by atoms with E-state index in [9.17, 15) is 0 Å². The van der Waals surface area contributed by atoms with Crippen molar-refractivity contribution in [2.75, 3.05) is 0 Å². The molecule has 0 aliphatic carbocycles. The Labute approximate surface area is 112 Å². The average molecular weight is 259 g/mol. The number of benzene rings is 2. The number of hydrogen-bond acceptors (Lipinski definition) is 1. The topological polar surface area (TPSA) is 9.23 Å². The Kier molecular flexibility index (Phi) is 3.00.